The summed E-state index contributed by atoms with van der Waals surface area (Å²) in [7, 11) is 0. The largest absolute Gasteiger partial charge is 0.370 e. The van der Waals surface area contributed by atoms with Gasteiger partial charge in [-0.3, -0.25) is 4.79 Å². The van der Waals surface area contributed by atoms with Gasteiger partial charge in [-0.05, 0) is 38.2 Å². The smallest absolute Gasteiger partial charge is 0.231 e. The van der Waals surface area contributed by atoms with Crippen LogP contribution >= 0.6 is 0 Å². The molecule has 4 rings (SSSR count). The van der Waals surface area contributed by atoms with Gasteiger partial charge in [-0.1, -0.05) is 18.2 Å². The number of nitrogens with one attached hydrogen (secondary N) is 1. The van der Waals surface area contributed by atoms with Crippen molar-refractivity contribution in [2.45, 2.75) is 50.2 Å². The quantitative estimate of drug-likeness (QED) is 0.895. The third kappa shape index (κ3) is 3.33. The zero-order chi connectivity index (χ0) is 18.0. The molecule has 0 spiro atoms. The lowest BCUT2D eigenvalue weighted by Gasteiger charge is -2.21. The van der Waals surface area contributed by atoms with Crippen molar-refractivity contribution in [1.82, 2.24) is 15.3 Å². The normalized spacial score (nSPS) is 21.2. The van der Waals surface area contributed by atoms with E-state index in [4.69, 9.17) is 4.74 Å². The van der Waals surface area contributed by atoms with Crippen LogP contribution in [0.15, 0.2) is 36.7 Å². The number of halogens is 1. The third-order valence-electron chi connectivity index (χ3n) is 5.22. The molecular formula is C20H22FN3O2. The van der Waals surface area contributed by atoms with Gasteiger partial charge < -0.3 is 10.1 Å². The lowest BCUT2D eigenvalue weighted by molar-refractivity contribution is -0.123. The van der Waals surface area contributed by atoms with E-state index in [-0.39, 0.29) is 17.8 Å². The summed E-state index contributed by atoms with van der Waals surface area (Å²) >= 11 is 0. The number of amides is 1. The first kappa shape index (κ1) is 17.1. The van der Waals surface area contributed by atoms with E-state index < -0.39 is 5.41 Å². The highest BCUT2D eigenvalue weighted by Crippen LogP contribution is 2.49. The average molecular weight is 355 g/mol. The molecule has 1 aliphatic heterocycles. The number of carbonyl (C=O) groups is 1. The van der Waals surface area contributed by atoms with Crippen LogP contribution < -0.4 is 5.32 Å². The van der Waals surface area contributed by atoms with Gasteiger partial charge in [-0.15, -0.1) is 0 Å². The molecule has 1 aliphatic carbocycles. The molecule has 2 heterocycles. The van der Waals surface area contributed by atoms with Crippen molar-refractivity contribution >= 4 is 5.91 Å². The summed E-state index contributed by atoms with van der Waals surface area (Å²) in [6, 6.07) is 6.51. The van der Waals surface area contributed by atoms with E-state index in [1.165, 1.54) is 6.07 Å². The van der Waals surface area contributed by atoms with E-state index in [2.05, 4.69) is 15.3 Å². The number of aromatic nitrogens is 2. The highest BCUT2D eigenvalue weighted by Gasteiger charge is 2.52. The van der Waals surface area contributed by atoms with Gasteiger partial charge in [-0.2, -0.15) is 0 Å². The van der Waals surface area contributed by atoms with E-state index in [0.717, 1.165) is 31.4 Å². The van der Waals surface area contributed by atoms with Crippen LogP contribution in [-0.4, -0.2) is 22.5 Å². The van der Waals surface area contributed by atoms with Crippen molar-refractivity contribution in [3.8, 4) is 0 Å². The minimum absolute atomic E-state index is 0.0248. The predicted octanol–water partition coefficient (Wildman–Crippen LogP) is 3.21. The van der Waals surface area contributed by atoms with Crippen molar-refractivity contribution in [2.24, 2.45) is 0 Å². The Balaban J connectivity index is 1.38. The second-order valence-corrected chi connectivity index (χ2v) is 7.05. The first-order valence-electron chi connectivity index (χ1n) is 9.15. The number of hydrogen-bond donors (Lipinski definition) is 1. The molecule has 0 radical (unpaired) electrons. The Labute approximate surface area is 152 Å². The number of nitrogens with zero attached hydrogens (tertiary/aromatic N) is 2. The Bertz CT molecular complexity index is 784. The highest BCUT2D eigenvalue weighted by atomic mass is 19.1. The second-order valence-electron chi connectivity index (χ2n) is 7.05. The molecule has 2 aromatic rings. The molecule has 1 aromatic heterocycles. The van der Waals surface area contributed by atoms with Crippen LogP contribution in [0.4, 0.5) is 4.39 Å². The Morgan fingerprint density at radius 3 is 2.65 bits per heavy atom. The summed E-state index contributed by atoms with van der Waals surface area (Å²) in [6.45, 7) is 1.09. The predicted molar refractivity (Wildman–Crippen MR) is 93.7 cm³/mol. The van der Waals surface area contributed by atoms with E-state index in [9.17, 15) is 9.18 Å². The lowest BCUT2D eigenvalue weighted by atomic mass is 9.94. The SMILES string of the molecule is O=C(NCc1cnc(C2CCCCO2)nc1)C1(c2ccccc2F)CC1. The Hall–Kier alpha value is -2.34. The van der Waals surface area contributed by atoms with Gasteiger partial charge in [0.1, 0.15) is 11.9 Å². The van der Waals surface area contributed by atoms with Gasteiger partial charge >= 0.3 is 0 Å². The molecule has 26 heavy (non-hydrogen) atoms. The summed E-state index contributed by atoms with van der Waals surface area (Å²) in [4.78, 5) is 21.4. The minimum atomic E-state index is -0.720. The van der Waals surface area contributed by atoms with Gasteiger partial charge in [0.25, 0.3) is 0 Å². The maximum absolute atomic E-state index is 14.1. The molecule has 1 atom stereocenters. The van der Waals surface area contributed by atoms with Gasteiger partial charge in [0.05, 0.1) is 5.41 Å². The zero-order valence-electron chi connectivity index (χ0n) is 14.6. The fourth-order valence-corrected chi connectivity index (χ4v) is 3.51. The molecule has 5 nitrogen and oxygen atoms in total. The molecule has 2 fully saturated rings. The van der Waals surface area contributed by atoms with Gasteiger partial charge in [0, 0.05) is 36.7 Å². The molecule has 2 aliphatic rings. The van der Waals surface area contributed by atoms with E-state index in [1.54, 1.807) is 30.6 Å². The van der Waals surface area contributed by atoms with Gasteiger partial charge in [0.15, 0.2) is 5.82 Å². The lowest BCUT2D eigenvalue weighted by Crippen LogP contribution is -2.35. The average Bonchev–Trinajstić information content (AvgIpc) is 3.49. The number of ether oxygens (including phenoxy) is 1. The standard InChI is InChI=1S/C20H22FN3O2/c21-16-6-2-1-5-15(16)20(8-9-20)19(25)24-13-14-11-22-18(23-12-14)17-7-3-4-10-26-17/h1-2,5-6,11-12,17H,3-4,7-10,13H2,(H,24,25). The molecular weight excluding hydrogens is 333 g/mol. The monoisotopic (exact) mass is 355 g/mol. The zero-order valence-corrected chi connectivity index (χ0v) is 14.6. The topological polar surface area (TPSA) is 64.1 Å². The molecule has 1 amide bonds. The third-order valence-corrected chi connectivity index (χ3v) is 5.22. The van der Waals surface area contributed by atoms with Crippen LogP contribution in [0.5, 0.6) is 0 Å². The van der Waals surface area contributed by atoms with Crippen molar-refractivity contribution in [3.05, 3.63) is 59.4 Å². The molecule has 1 aromatic carbocycles. The van der Waals surface area contributed by atoms with Crippen molar-refractivity contribution < 1.29 is 13.9 Å². The van der Waals surface area contributed by atoms with Crippen LogP contribution in [0.3, 0.4) is 0 Å². The number of rotatable bonds is 5. The van der Waals surface area contributed by atoms with Gasteiger partial charge in [-0.25, -0.2) is 14.4 Å². The second kappa shape index (κ2) is 7.11. The summed E-state index contributed by atoms with van der Waals surface area (Å²) < 4.78 is 19.7. The summed E-state index contributed by atoms with van der Waals surface area (Å²) in [5.74, 6) is 0.243. The number of hydrogen-bond acceptors (Lipinski definition) is 4. The number of carbonyl (C=O) groups excluding carboxylic acids is 1. The molecule has 1 saturated carbocycles. The Morgan fingerprint density at radius 2 is 2.00 bits per heavy atom. The summed E-state index contributed by atoms with van der Waals surface area (Å²) in [5, 5.41) is 2.91. The van der Waals surface area contributed by atoms with E-state index in [1.807, 2.05) is 0 Å². The fourth-order valence-electron chi connectivity index (χ4n) is 3.51. The molecule has 1 N–H and O–H groups in total. The van der Waals surface area contributed by atoms with Crippen LogP contribution in [0.1, 0.15) is 55.2 Å². The Morgan fingerprint density at radius 1 is 1.23 bits per heavy atom. The van der Waals surface area contributed by atoms with Crippen LogP contribution in [-0.2, 0) is 21.5 Å². The maximum atomic E-state index is 14.1. The first-order chi connectivity index (χ1) is 12.7. The molecule has 0 bridgehead atoms. The first-order valence-corrected chi connectivity index (χ1v) is 9.15. The van der Waals surface area contributed by atoms with E-state index >= 15 is 0 Å². The van der Waals surface area contributed by atoms with Crippen molar-refractivity contribution in [3.63, 3.8) is 0 Å². The van der Waals surface area contributed by atoms with Crippen LogP contribution in [0.2, 0.25) is 0 Å². The minimum Gasteiger partial charge on any atom is -0.370 e. The maximum Gasteiger partial charge on any atom is 0.231 e. The molecule has 1 unspecified atom stereocenters. The summed E-state index contributed by atoms with van der Waals surface area (Å²) in [5.41, 5.74) is 0.586. The fraction of sp³-hybridized carbons (Fsp3) is 0.450. The van der Waals surface area contributed by atoms with Crippen LogP contribution in [0, 0.1) is 5.82 Å². The van der Waals surface area contributed by atoms with E-state index in [0.29, 0.717) is 30.8 Å². The molecule has 6 heteroatoms. The Kier molecular flexibility index (Phi) is 4.68. The van der Waals surface area contributed by atoms with Crippen LogP contribution in [0.25, 0.3) is 0 Å². The molecule has 136 valence electrons. The van der Waals surface area contributed by atoms with Crippen molar-refractivity contribution in [2.75, 3.05) is 6.61 Å². The van der Waals surface area contributed by atoms with Gasteiger partial charge in [0.2, 0.25) is 5.91 Å². The number of benzene rings is 1. The molecule has 1 saturated heterocycles. The van der Waals surface area contributed by atoms with Crippen molar-refractivity contribution in [1.29, 1.82) is 0 Å². The highest BCUT2D eigenvalue weighted by molar-refractivity contribution is 5.91. The summed E-state index contributed by atoms with van der Waals surface area (Å²) in [6.07, 6.45) is 7.94.